The molecular weight excluding hydrogens is 320 g/mol. The summed E-state index contributed by atoms with van der Waals surface area (Å²) in [7, 11) is 0. The maximum absolute atomic E-state index is 13.4. The number of carbonyl (C=O) groups excluding carboxylic acids is 1. The number of carbonyl (C=O) groups is 2. The standard InChI is InChI=1S/C17H24N4O.CH2O2/c22-16(20-9-1-2-10-20)17(15-12-18-7-8-19-15)6-3-11-21(17)13-14-4-5-14;2-1-3/h7-8,12,14H,1-6,9-11,13H2;1H,(H,2,3). The van der Waals surface area contributed by atoms with Crippen molar-refractivity contribution in [1.82, 2.24) is 19.8 Å². The Kier molecular flexibility index (Phi) is 5.63. The van der Waals surface area contributed by atoms with E-state index in [-0.39, 0.29) is 12.4 Å². The number of hydrogen-bond acceptors (Lipinski definition) is 5. The minimum Gasteiger partial charge on any atom is -0.483 e. The zero-order valence-electron chi connectivity index (χ0n) is 14.5. The van der Waals surface area contributed by atoms with Gasteiger partial charge in [-0.3, -0.25) is 24.5 Å². The zero-order chi connectivity index (χ0) is 17.7. The first-order chi connectivity index (χ1) is 12.2. The summed E-state index contributed by atoms with van der Waals surface area (Å²) in [5.74, 6) is 1.05. The van der Waals surface area contributed by atoms with Gasteiger partial charge in [0.25, 0.3) is 6.47 Å². The topological polar surface area (TPSA) is 86.6 Å². The van der Waals surface area contributed by atoms with Crippen LogP contribution in [0.1, 0.15) is 44.2 Å². The molecule has 1 saturated carbocycles. The van der Waals surface area contributed by atoms with Gasteiger partial charge in [-0.1, -0.05) is 0 Å². The molecule has 25 heavy (non-hydrogen) atoms. The molecule has 1 unspecified atom stereocenters. The fourth-order valence-corrected chi connectivity index (χ4v) is 4.07. The molecule has 0 aromatic carbocycles. The van der Waals surface area contributed by atoms with Crippen molar-refractivity contribution in [3.05, 3.63) is 24.3 Å². The molecule has 0 radical (unpaired) electrons. The van der Waals surface area contributed by atoms with Gasteiger partial charge in [-0.05, 0) is 51.0 Å². The van der Waals surface area contributed by atoms with Crippen molar-refractivity contribution in [1.29, 1.82) is 0 Å². The fourth-order valence-electron chi connectivity index (χ4n) is 4.07. The van der Waals surface area contributed by atoms with Crippen LogP contribution in [0, 0.1) is 5.92 Å². The lowest BCUT2D eigenvalue weighted by Gasteiger charge is -2.39. The number of aromatic nitrogens is 2. The molecule has 7 heteroatoms. The average Bonchev–Trinajstić information content (AvgIpc) is 3.12. The van der Waals surface area contributed by atoms with E-state index in [4.69, 9.17) is 9.90 Å². The molecule has 1 atom stereocenters. The van der Waals surface area contributed by atoms with Crippen LogP contribution in [0.2, 0.25) is 0 Å². The van der Waals surface area contributed by atoms with Crippen molar-refractivity contribution in [2.45, 2.75) is 44.1 Å². The molecule has 3 heterocycles. The van der Waals surface area contributed by atoms with Crippen LogP contribution in [0.25, 0.3) is 0 Å². The summed E-state index contributed by atoms with van der Waals surface area (Å²) < 4.78 is 0. The van der Waals surface area contributed by atoms with E-state index in [1.165, 1.54) is 12.8 Å². The first-order valence-corrected chi connectivity index (χ1v) is 9.11. The molecule has 3 fully saturated rings. The van der Waals surface area contributed by atoms with E-state index >= 15 is 0 Å². The summed E-state index contributed by atoms with van der Waals surface area (Å²) in [5, 5.41) is 6.89. The molecule has 1 aliphatic carbocycles. The summed E-state index contributed by atoms with van der Waals surface area (Å²) in [4.78, 5) is 35.0. The lowest BCUT2D eigenvalue weighted by atomic mass is 9.90. The number of likely N-dealkylation sites (tertiary alicyclic amines) is 2. The Morgan fingerprint density at radius 2 is 1.96 bits per heavy atom. The monoisotopic (exact) mass is 346 g/mol. The number of carboxylic acid groups (broad SMARTS) is 1. The van der Waals surface area contributed by atoms with E-state index in [0.717, 1.165) is 63.5 Å². The van der Waals surface area contributed by atoms with Crippen LogP contribution in [0.4, 0.5) is 0 Å². The van der Waals surface area contributed by atoms with Gasteiger partial charge in [0.05, 0.1) is 11.9 Å². The summed E-state index contributed by atoms with van der Waals surface area (Å²) in [6, 6.07) is 0. The highest BCUT2D eigenvalue weighted by molar-refractivity contribution is 5.87. The van der Waals surface area contributed by atoms with Gasteiger partial charge >= 0.3 is 0 Å². The Balaban J connectivity index is 0.000000569. The Bertz CT molecular complexity index is 587. The second kappa shape index (κ2) is 7.91. The van der Waals surface area contributed by atoms with Crippen molar-refractivity contribution in [3.63, 3.8) is 0 Å². The third kappa shape index (κ3) is 3.66. The van der Waals surface area contributed by atoms with Crippen molar-refractivity contribution in [2.75, 3.05) is 26.2 Å². The first kappa shape index (κ1) is 17.8. The Morgan fingerprint density at radius 1 is 1.24 bits per heavy atom. The number of amides is 1. The first-order valence-electron chi connectivity index (χ1n) is 9.11. The highest BCUT2D eigenvalue weighted by Crippen LogP contribution is 2.43. The summed E-state index contributed by atoms with van der Waals surface area (Å²) in [5.41, 5.74) is 0.298. The maximum Gasteiger partial charge on any atom is 0.290 e. The van der Waals surface area contributed by atoms with Crippen molar-refractivity contribution < 1.29 is 14.7 Å². The zero-order valence-corrected chi connectivity index (χ0v) is 14.5. The quantitative estimate of drug-likeness (QED) is 0.832. The van der Waals surface area contributed by atoms with E-state index in [1.54, 1.807) is 18.6 Å². The van der Waals surface area contributed by atoms with Crippen LogP contribution in [0.15, 0.2) is 18.6 Å². The molecule has 0 spiro atoms. The molecule has 7 nitrogen and oxygen atoms in total. The van der Waals surface area contributed by atoms with Gasteiger partial charge in [0.15, 0.2) is 0 Å². The van der Waals surface area contributed by atoms with Crippen LogP contribution >= 0.6 is 0 Å². The highest BCUT2D eigenvalue weighted by Gasteiger charge is 2.53. The van der Waals surface area contributed by atoms with Crippen LogP contribution in [-0.2, 0) is 15.1 Å². The summed E-state index contributed by atoms with van der Waals surface area (Å²) >= 11 is 0. The Hall–Kier alpha value is -2.02. The van der Waals surface area contributed by atoms with Gasteiger partial charge < -0.3 is 10.0 Å². The van der Waals surface area contributed by atoms with Crippen molar-refractivity contribution in [2.24, 2.45) is 5.92 Å². The molecule has 1 N–H and O–H groups in total. The van der Waals surface area contributed by atoms with E-state index in [1.807, 2.05) is 0 Å². The molecule has 2 aliphatic heterocycles. The molecule has 1 amide bonds. The average molecular weight is 346 g/mol. The second-order valence-electron chi connectivity index (χ2n) is 7.05. The normalized spacial score (nSPS) is 26.2. The minimum absolute atomic E-state index is 0.250. The van der Waals surface area contributed by atoms with Gasteiger partial charge in [-0.15, -0.1) is 0 Å². The van der Waals surface area contributed by atoms with Crippen LogP contribution < -0.4 is 0 Å². The Morgan fingerprint density at radius 3 is 2.56 bits per heavy atom. The lowest BCUT2D eigenvalue weighted by Crippen LogP contribution is -2.54. The van der Waals surface area contributed by atoms with E-state index in [9.17, 15) is 4.79 Å². The summed E-state index contributed by atoms with van der Waals surface area (Å²) in [6.45, 7) is 3.60. The molecular formula is C18H26N4O3. The van der Waals surface area contributed by atoms with Crippen molar-refractivity contribution in [3.8, 4) is 0 Å². The molecule has 0 bridgehead atoms. The summed E-state index contributed by atoms with van der Waals surface area (Å²) in [6.07, 6.45) is 12.1. The minimum atomic E-state index is -0.554. The van der Waals surface area contributed by atoms with Crippen LogP contribution in [0.3, 0.4) is 0 Å². The van der Waals surface area contributed by atoms with Gasteiger partial charge in [-0.25, -0.2) is 0 Å². The molecule has 2 saturated heterocycles. The maximum atomic E-state index is 13.4. The third-order valence-electron chi connectivity index (χ3n) is 5.42. The third-order valence-corrected chi connectivity index (χ3v) is 5.42. The van der Waals surface area contributed by atoms with Gasteiger partial charge in [0.2, 0.25) is 5.91 Å². The van der Waals surface area contributed by atoms with Gasteiger partial charge in [-0.2, -0.15) is 0 Å². The smallest absolute Gasteiger partial charge is 0.290 e. The van der Waals surface area contributed by atoms with E-state index in [2.05, 4.69) is 19.8 Å². The molecule has 4 rings (SSSR count). The van der Waals surface area contributed by atoms with Gasteiger partial charge in [0, 0.05) is 32.0 Å². The van der Waals surface area contributed by atoms with Crippen molar-refractivity contribution >= 4 is 12.4 Å². The fraction of sp³-hybridized carbons (Fsp3) is 0.667. The lowest BCUT2D eigenvalue weighted by molar-refractivity contribution is -0.143. The predicted octanol–water partition coefficient (Wildman–Crippen LogP) is 1.50. The SMILES string of the molecule is O=C(N1CCCC1)C1(c2cnccn2)CCCN1CC1CC1.O=CO. The largest absolute Gasteiger partial charge is 0.483 e. The van der Waals surface area contributed by atoms with Gasteiger partial charge in [0.1, 0.15) is 5.54 Å². The van der Waals surface area contributed by atoms with Crippen LogP contribution in [0.5, 0.6) is 0 Å². The number of hydrogen-bond donors (Lipinski definition) is 1. The Labute approximate surface area is 148 Å². The molecule has 1 aromatic heterocycles. The second-order valence-corrected chi connectivity index (χ2v) is 7.05. The van der Waals surface area contributed by atoms with E-state index < -0.39 is 5.54 Å². The number of rotatable bonds is 4. The molecule has 3 aliphatic rings. The molecule has 136 valence electrons. The van der Waals surface area contributed by atoms with E-state index in [0.29, 0.717) is 0 Å². The number of nitrogens with zero attached hydrogens (tertiary/aromatic N) is 4. The predicted molar refractivity (Wildman–Crippen MR) is 91.7 cm³/mol. The highest BCUT2D eigenvalue weighted by atomic mass is 16.3. The molecule has 1 aromatic rings. The van der Waals surface area contributed by atoms with Crippen LogP contribution in [-0.4, -0.2) is 63.4 Å².